The van der Waals surface area contributed by atoms with Gasteiger partial charge in [0, 0.05) is 12.1 Å². The highest BCUT2D eigenvalue weighted by atomic mass is 16.5. The molecule has 0 saturated heterocycles. The van der Waals surface area contributed by atoms with Gasteiger partial charge < -0.3 is 19.9 Å². The zero-order chi connectivity index (χ0) is 14.5. The first-order valence-corrected chi connectivity index (χ1v) is 7.04. The molecule has 1 aliphatic rings. The Balaban J connectivity index is 2.14. The summed E-state index contributed by atoms with van der Waals surface area (Å²) in [5, 5.41) is 12.4. The molecule has 20 heavy (non-hydrogen) atoms. The number of carbonyl (C=O) groups is 1. The summed E-state index contributed by atoms with van der Waals surface area (Å²) in [7, 11) is 0. The second-order valence-corrected chi connectivity index (χ2v) is 4.80. The predicted molar refractivity (Wildman–Crippen MR) is 76.6 cm³/mol. The first-order chi connectivity index (χ1) is 9.65. The van der Waals surface area contributed by atoms with Crippen molar-refractivity contribution in [2.24, 2.45) is 5.92 Å². The molecule has 1 aromatic rings. The monoisotopic (exact) mass is 279 g/mol. The van der Waals surface area contributed by atoms with E-state index in [4.69, 9.17) is 14.6 Å². The zero-order valence-electron chi connectivity index (χ0n) is 11.9. The van der Waals surface area contributed by atoms with Gasteiger partial charge in [-0.15, -0.1) is 0 Å². The third kappa shape index (κ3) is 3.15. The summed E-state index contributed by atoms with van der Waals surface area (Å²) in [6.07, 6.45) is 1.59. The Kier molecular flexibility index (Phi) is 4.71. The number of nitrogens with one attached hydrogen (secondary N) is 1. The number of hydrogen-bond acceptors (Lipinski definition) is 4. The Morgan fingerprint density at radius 1 is 1.30 bits per heavy atom. The quantitative estimate of drug-likeness (QED) is 0.803. The molecule has 0 spiro atoms. The molecule has 0 bridgehead atoms. The van der Waals surface area contributed by atoms with Gasteiger partial charge in [0.2, 0.25) is 0 Å². The van der Waals surface area contributed by atoms with Crippen molar-refractivity contribution in [2.45, 2.75) is 32.7 Å². The number of carboxylic acid groups (broad SMARTS) is 1. The maximum Gasteiger partial charge on any atom is 0.308 e. The van der Waals surface area contributed by atoms with Crippen LogP contribution in [0.3, 0.4) is 0 Å². The largest absolute Gasteiger partial charge is 0.494 e. The molecule has 110 valence electrons. The Morgan fingerprint density at radius 3 is 2.60 bits per heavy atom. The van der Waals surface area contributed by atoms with Gasteiger partial charge in [-0.3, -0.25) is 4.79 Å². The minimum Gasteiger partial charge on any atom is -0.494 e. The number of ether oxygens (including phenoxy) is 2. The fourth-order valence-corrected chi connectivity index (χ4v) is 2.33. The molecule has 5 nitrogen and oxygen atoms in total. The van der Waals surface area contributed by atoms with Gasteiger partial charge in [0.05, 0.1) is 24.8 Å². The average molecular weight is 279 g/mol. The van der Waals surface area contributed by atoms with Gasteiger partial charge in [0.1, 0.15) is 11.5 Å². The average Bonchev–Trinajstić information content (AvgIpc) is 2.37. The lowest BCUT2D eigenvalue weighted by molar-refractivity contribution is -0.144. The van der Waals surface area contributed by atoms with Crippen LogP contribution in [0.1, 0.15) is 26.7 Å². The van der Waals surface area contributed by atoms with Crippen molar-refractivity contribution in [1.29, 1.82) is 0 Å². The fraction of sp³-hybridized carbons (Fsp3) is 0.533. The lowest BCUT2D eigenvalue weighted by atomic mass is 9.79. The van der Waals surface area contributed by atoms with Crippen LogP contribution in [-0.4, -0.2) is 30.3 Å². The van der Waals surface area contributed by atoms with E-state index in [1.165, 1.54) is 0 Å². The number of benzene rings is 1. The van der Waals surface area contributed by atoms with Gasteiger partial charge in [-0.25, -0.2) is 0 Å². The highest BCUT2D eigenvalue weighted by molar-refractivity contribution is 5.73. The van der Waals surface area contributed by atoms with E-state index in [1.54, 1.807) is 0 Å². The van der Waals surface area contributed by atoms with Crippen LogP contribution in [0.25, 0.3) is 0 Å². The molecule has 0 radical (unpaired) electrons. The maximum atomic E-state index is 11.1. The van der Waals surface area contributed by atoms with Crippen LogP contribution in [0.2, 0.25) is 0 Å². The number of carboxylic acids is 1. The molecule has 1 fully saturated rings. The lowest BCUT2D eigenvalue weighted by Crippen LogP contribution is -2.43. The SMILES string of the molecule is CCOc1ccc(OCC)c(NC2CCC2C(=O)O)c1. The molecule has 2 atom stereocenters. The molecule has 1 aromatic carbocycles. The Labute approximate surface area is 118 Å². The van der Waals surface area contributed by atoms with Gasteiger partial charge >= 0.3 is 5.97 Å². The van der Waals surface area contributed by atoms with E-state index in [1.807, 2.05) is 32.0 Å². The van der Waals surface area contributed by atoms with Crippen LogP contribution in [0.5, 0.6) is 11.5 Å². The molecule has 0 amide bonds. The smallest absolute Gasteiger partial charge is 0.308 e. The van der Waals surface area contributed by atoms with E-state index >= 15 is 0 Å². The third-order valence-corrected chi connectivity index (χ3v) is 3.49. The van der Waals surface area contributed by atoms with Gasteiger partial charge in [0.25, 0.3) is 0 Å². The summed E-state index contributed by atoms with van der Waals surface area (Å²) in [4.78, 5) is 11.1. The Bertz CT molecular complexity index is 475. The summed E-state index contributed by atoms with van der Waals surface area (Å²) in [6, 6.07) is 5.54. The highest BCUT2D eigenvalue weighted by Gasteiger charge is 2.36. The van der Waals surface area contributed by atoms with Crippen molar-refractivity contribution in [1.82, 2.24) is 0 Å². The summed E-state index contributed by atoms with van der Waals surface area (Å²) in [5.74, 6) is 0.421. The fourth-order valence-electron chi connectivity index (χ4n) is 2.33. The van der Waals surface area contributed by atoms with Crippen molar-refractivity contribution in [3.8, 4) is 11.5 Å². The van der Waals surface area contributed by atoms with Crippen molar-refractivity contribution in [3.05, 3.63) is 18.2 Å². The molecule has 0 aromatic heterocycles. The highest BCUT2D eigenvalue weighted by Crippen LogP contribution is 2.35. The van der Waals surface area contributed by atoms with E-state index in [2.05, 4.69) is 5.32 Å². The lowest BCUT2D eigenvalue weighted by Gasteiger charge is -2.35. The number of anilines is 1. The molecule has 1 saturated carbocycles. The van der Waals surface area contributed by atoms with Gasteiger partial charge in [-0.05, 0) is 38.8 Å². The second-order valence-electron chi connectivity index (χ2n) is 4.80. The second kappa shape index (κ2) is 6.50. The number of hydrogen-bond donors (Lipinski definition) is 2. The summed E-state index contributed by atoms with van der Waals surface area (Å²) in [6.45, 7) is 5.00. The molecule has 2 N–H and O–H groups in total. The van der Waals surface area contributed by atoms with Crippen LogP contribution >= 0.6 is 0 Å². The minimum absolute atomic E-state index is 0.0383. The Morgan fingerprint density at radius 2 is 2.05 bits per heavy atom. The van der Waals surface area contributed by atoms with E-state index < -0.39 is 5.97 Å². The van der Waals surface area contributed by atoms with Crippen molar-refractivity contribution < 1.29 is 19.4 Å². The predicted octanol–water partition coefficient (Wildman–Crippen LogP) is 2.76. The van der Waals surface area contributed by atoms with E-state index in [-0.39, 0.29) is 12.0 Å². The summed E-state index contributed by atoms with van der Waals surface area (Å²) < 4.78 is 11.0. The van der Waals surface area contributed by atoms with E-state index in [9.17, 15) is 4.79 Å². The molecule has 1 aliphatic carbocycles. The molecule has 5 heteroatoms. The van der Waals surface area contributed by atoms with Crippen LogP contribution in [0.15, 0.2) is 18.2 Å². The summed E-state index contributed by atoms with van der Waals surface area (Å²) in [5.41, 5.74) is 0.800. The van der Waals surface area contributed by atoms with Crippen molar-refractivity contribution >= 4 is 11.7 Å². The molecule has 0 aliphatic heterocycles. The topological polar surface area (TPSA) is 67.8 Å². The number of rotatable bonds is 7. The van der Waals surface area contributed by atoms with Gasteiger partial charge in [-0.1, -0.05) is 0 Å². The minimum atomic E-state index is -0.743. The first kappa shape index (κ1) is 14.5. The normalized spacial score (nSPS) is 20.9. The zero-order valence-corrected chi connectivity index (χ0v) is 11.9. The van der Waals surface area contributed by atoms with Crippen molar-refractivity contribution in [3.63, 3.8) is 0 Å². The van der Waals surface area contributed by atoms with Crippen molar-refractivity contribution in [2.75, 3.05) is 18.5 Å². The van der Waals surface area contributed by atoms with Gasteiger partial charge in [-0.2, -0.15) is 0 Å². The standard InChI is InChI=1S/C15H21NO4/c1-3-19-10-5-8-14(20-4-2)13(9-10)16-12-7-6-11(12)15(17)18/h5,8-9,11-12,16H,3-4,6-7H2,1-2H3,(H,17,18). The van der Waals surface area contributed by atoms with E-state index in [0.717, 1.165) is 30.0 Å². The van der Waals surface area contributed by atoms with Crippen LogP contribution < -0.4 is 14.8 Å². The van der Waals surface area contributed by atoms with Crippen LogP contribution in [0, 0.1) is 5.92 Å². The molecular formula is C15H21NO4. The molecule has 0 heterocycles. The first-order valence-electron chi connectivity index (χ1n) is 7.04. The molecule has 2 unspecified atom stereocenters. The molecular weight excluding hydrogens is 258 g/mol. The van der Waals surface area contributed by atoms with Crippen LogP contribution in [-0.2, 0) is 4.79 Å². The summed E-state index contributed by atoms with van der Waals surface area (Å²) >= 11 is 0. The van der Waals surface area contributed by atoms with E-state index in [0.29, 0.717) is 13.2 Å². The van der Waals surface area contributed by atoms with Gasteiger partial charge in [0.15, 0.2) is 0 Å². The number of aliphatic carboxylic acids is 1. The van der Waals surface area contributed by atoms with Crippen LogP contribution in [0.4, 0.5) is 5.69 Å². The third-order valence-electron chi connectivity index (χ3n) is 3.49. The molecule has 2 rings (SSSR count). The maximum absolute atomic E-state index is 11.1. The Hall–Kier alpha value is -1.91.